The Morgan fingerprint density at radius 3 is 3.26 bits per heavy atom. The summed E-state index contributed by atoms with van der Waals surface area (Å²) >= 11 is 1.35. The summed E-state index contributed by atoms with van der Waals surface area (Å²) in [7, 11) is 0. The van der Waals surface area contributed by atoms with Gasteiger partial charge in [-0.25, -0.2) is 0 Å². The van der Waals surface area contributed by atoms with Gasteiger partial charge in [-0.3, -0.25) is 0 Å². The SMILES string of the molecule is O=[N+]([O-])c1c(NCC2COCCO2)nc2sccn12. The van der Waals surface area contributed by atoms with Gasteiger partial charge in [0.15, 0.2) is 0 Å². The number of imidazole rings is 1. The Morgan fingerprint density at radius 2 is 2.53 bits per heavy atom. The van der Waals surface area contributed by atoms with E-state index in [1.807, 2.05) is 0 Å². The second-order valence-corrected chi connectivity index (χ2v) is 4.92. The van der Waals surface area contributed by atoms with Crippen LogP contribution in [0.25, 0.3) is 4.96 Å². The van der Waals surface area contributed by atoms with E-state index >= 15 is 0 Å². The molecule has 0 bridgehead atoms. The third-order valence-corrected chi connectivity index (χ3v) is 3.55. The average Bonchev–Trinajstić information content (AvgIpc) is 2.96. The van der Waals surface area contributed by atoms with Crippen molar-refractivity contribution in [2.24, 2.45) is 0 Å². The van der Waals surface area contributed by atoms with Crippen LogP contribution in [0.2, 0.25) is 0 Å². The molecule has 102 valence electrons. The van der Waals surface area contributed by atoms with Crippen LogP contribution in [0, 0.1) is 10.1 Å². The predicted octanol–water partition coefficient (Wildman–Crippen LogP) is 1.13. The third kappa shape index (κ3) is 2.39. The first kappa shape index (κ1) is 12.3. The number of aromatic nitrogens is 2. The number of nitrogens with zero attached hydrogens (tertiary/aromatic N) is 3. The second-order valence-electron chi connectivity index (χ2n) is 4.05. The van der Waals surface area contributed by atoms with Crippen molar-refractivity contribution >= 4 is 27.9 Å². The van der Waals surface area contributed by atoms with Crippen molar-refractivity contribution in [2.75, 3.05) is 31.7 Å². The van der Waals surface area contributed by atoms with Crippen LogP contribution >= 0.6 is 11.3 Å². The number of nitro groups is 1. The maximum Gasteiger partial charge on any atom is 0.372 e. The number of hydrogen-bond donors (Lipinski definition) is 1. The molecular formula is C10H12N4O4S. The van der Waals surface area contributed by atoms with E-state index in [0.717, 1.165) is 0 Å². The van der Waals surface area contributed by atoms with Crippen molar-refractivity contribution in [1.82, 2.24) is 9.38 Å². The molecular weight excluding hydrogens is 272 g/mol. The van der Waals surface area contributed by atoms with E-state index in [2.05, 4.69) is 10.3 Å². The van der Waals surface area contributed by atoms with Crippen molar-refractivity contribution < 1.29 is 14.4 Å². The molecule has 3 heterocycles. The lowest BCUT2D eigenvalue weighted by Crippen LogP contribution is -2.34. The fraction of sp³-hybridized carbons (Fsp3) is 0.500. The van der Waals surface area contributed by atoms with Crippen molar-refractivity contribution in [2.45, 2.75) is 6.10 Å². The molecule has 1 aliphatic heterocycles. The van der Waals surface area contributed by atoms with Crippen LogP contribution in [0.1, 0.15) is 0 Å². The van der Waals surface area contributed by atoms with Crippen molar-refractivity contribution in [3.63, 3.8) is 0 Å². The first-order valence-corrected chi connectivity index (χ1v) is 6.67. The second kappa shape index (κ2) is 5.11. The lowest BCUT2D eigenvalue weighted by molar-refractivity contribution is -0.389. The van der Waals surface area contributed by atoms with Crippen molar-refractivity contribution in [3.8, 4) is 0 Å². The average molecular weight is 284 g/mol. The number of fused-ring (bicyclic) bond motifs is 1. The summed E-state index contributed by atoms with van der Waals surface area (Å²) in [6.45, 7) is 2.07. The van der Waals surface area contributed by atoms with Crippen molar-refractivity contribution in [1.29, 1.82) is 0 Å². The summed E-state index contributed by atoms with van der Waals surface area (Å²) in [5.74, 6) is 0.221. The van der Waals surface area contributed by atoms with Crippen LogP contribution in [-0.4, -0.2) is 46.8 Å². The molecule has 1 atom stereocenters. The maximum absolute atomic E-state index is 11.1. The molecule has 19 heavy (non-hydrogen) atoms. The zero-order valence-corrected chi connectivity index (χ0v) is 10.8. The molecule has 0 saturated carbocycles. The number of ether oxygens (including phenoxy) is 2. The van der Waals surface area contributed by atoms with Crippen LogP contribution in [-0.2, 0) is 9.47 Å². The Morgan fingerprint density at radius 1 is 1.63 bits per heavy atom. The smallest absolute Gasteiger partial charge is 0.372 e. The minimum atomic E-state index is -0.437. The molecule has 0 amide bonds. The van der Waals surface area contributed by atoms with E-state index in [4.69, 9.17) is 9.47 Å². The Kier molecular flexibility index (Phi) is 3.32. The minimum absolute atomic E-state index is 0.0482. The molecule has 1 N–H and O–H groups in total. The minimum Gasteiger partial charge on any atom is -0.376 e. The number of hydrogen-bond acceptors (Lipinski definition) is 7. The summed E-state index contributed by atoms with van der Waals surface area (Å²) < 4.78 is 12.2. The van der Waals surface area contributed by atoms with Gasteiger partial charge in [0.05, 0.1) is 25.9 Å². The molecule has 3 rings (SSSR count). The Labute approximate surface area is 112 Å². The topological polar surface area (TPSA) is 90.9 Å². The van der Waals surface area contributed by atoms with Gasteiger partial charge in [0.1, 0.15) is 6.20 Å². The zero-order chi connectivity index (χ0) is 13.2. The Hall–Kier alpha value is -1.71. The first-order chi connectivity index (χ1) is 9.25. The number of thiazole rings is 1. The van der Waals surface area contributed by atoms with Gasteiger partial charge in [0, 0.05) is 11.9 Å². The molecule has 0 radical (unpaired) electrons. The number of anilines is 1. The van der Waals surface area contributed by atoms with Gasteiger partial charge in [-0.05, 0) is 4.92 Å². The van der Waals surface area contributed by atoms with E-state index in [9.17, 15) is 10.1 Å². The molecule has 0 aromatic carbocycles. The molecule has 8 nitrogen and oxygen atoms in total. The van der Waals surface area contributed by atoms with Crippen LogP contribution in [0.5, 0.6) is 0 Å². The summed E-state index contributed by atoms with van der Waals surface area (Å²) in [4.78, 5) is 15.5. The first-order valence-electron chi connectivity index (χ1n) is 5.79. The monoisotopic (exact) mass is 284 g/mol. The predicted molar refractivity (Wildman–Crippen MR) is 68.8 cm³/mol. The summed E-state index contributed by atoms with van der Waals surface area (Å²) in [6.07, 6.45) is 1.53. The molecule has 1 fully saturated rings. The Balaban J connectivity index is 1.77. The molecule has 2 aromatic heterocycles. The highest BCUT2D eigenvalue weighted by molar-refractivity contribution is 7.15. The molecule has 1 saturated heterocycles. The van der Waals surface area contributed by atoms with Gasteiger partial charge in [0.25, 0.3) is 4.96 Å². The summed E-state index contributed by atoms with van der Waals surface area (Å²) in [6, 6.07) is 0. The van der Waals surface area contributed by atoms with Crippen LogP contribution in [0.4, 0.5) is 11.6 Å². The number of nitrogens with one attached hydrogen (secondary N) is 1. The van der Waals surface area contributed by atoms with Gasteiger partial charge in [0.2, 0.25) is 5.82 Å². The van der Waals surface area contributed by atoms with E-state index in [0.29, 0.717) is 31.3 Å². The van der Waals surface area contributed by atoms with E-state index in [1.165, 1.54) is 15.7 Å². The van der Waals surface area contributed by atoms with Gasteiger partial charge in [-0.2, -0.15) is 9.38 Å². The van der Waals surface area contributed by atoms with Gasteiger partial charge < -0.3 is 24.9 Å². The summed E-state index contributed by atoms with van der Waals surface area (Å²) in [5, 5.41) is 15.8. The highest BCUT2D eigenvalue weighted by Gasteiger charge is 2.24. The molecule has 1 unspecified atom stereocenters. The lowest BCUT2D eigenvalue weighted by atomic mass is 10.3. The third-order valence-electron chi connectivity index (χ3n) is 2.79. The number of rotatable bonds is 4. The van der Waals surface area contributed by atoms with Crippen LogP contribution in [0.15, 0.2) is 11.6 Å². The molecule has 0 aliphatic carbocycles. The largest absolute Gasteiger partial charge is 0.376 e. The summed E-state index contributed by atoms with van der Waals surface area (Å²) in [5.41, 5.74) is 0. The van der Waals surface area contributed by atoms with E-state index in [1.54, 1.807) is 11.6 Å². The lowest BCUT2D eigenvalue weighted by Gasteiger charge is -2.22. The molecule has 1 aliphatic rings. The fourth-order valence-corrected chi connectivity index (χ4v) is 2.64. The van der Waals surface area contributed by atoms with Crippen LogP contribution < -0.4 is 5.32 Å². The van der Waals surface area contributed by atoms with Crippen LogP contribution in [0.3, 0.4) is 0 Å². The van der Waals surface area contributed by atoms with Gasteiger partial charge in [-0.1, -0.05) is 11.3 Å². The molecule has 9 heteroatoms. The molecule has 2 aromatic rings. The van der Waals surface area contributed by atoms with Gasteiger partial charge in [-0.15, -0.1) is 0 Å². The Bertz CT molecular complexity index is 589. The highest BCUT2D eigenvalue weighted by atomic mass is 32.1. The molecule has 0 spiro atoms. The quantitative estimate of drug-likeness (QED) is 0.668. The fourth-order valence-electron chi connectivity index (χ4n) is 1.93. The van der Waals surface area contributed by atoms with E-state index < -0.39 is 4.92 Å². The normalized spacial score (nSPS) is 19.7. The zero-order valence-electron chi connectivity index (χ0n) is 9.94. The van der Waals surface area contributed by atoms with E-state index in [-0.39, 0.29) is 17.7 Å². The van der Waals surface area contributed by atoms with Crippen molar-refractivity contribution in [3.05, 3.63) is 21.7 Å². The standard InChI is InChI=1S/C10H12N4O4S/c15-14(16)9-8(12-10-13(9)1-4-19-10)11-5-7-6-17-2-3-18-7/h1,4,7,11H,2-3,5-6H2. The van der Waals surface area contributed by atoms with Gasteiger partial charge >= 0.3 is 5.82 Å². The maximum atomic E-state index is 11.1. The highest BCUT2D eigenvalue weighted by Crippen LogP contribution is 2.27.